The van der Waals surface area contributed by atoms with E-state index in [1.54, 1.807) is 29.5 Å². The van der Waals surface area contributed by atoms with Gasteiger partial charge in [0.05, 0.1) is 10.9 Å². The summed E-state index contributed by atoms with van der Waals surface area (Å²) in [6.45, 7) is 0.0802. The third-order valence-electron chi connectivity index (χ3n) is 4.87. The van der Waals surface area contributed by atoms with Gasteiger partial charge in [-0.05, 0) is 17.7 Å². The second kappa shape index (κ2) is 7.50. The number of hydrogen-bond acceptors (Lipinski definition) is 7. The van der Waals surface area contributed by atoms with Gasteiger partial charge in [0.1, 0.15) is 21.1 Å². The smallest absolute Gasteiger partial charge is 0.268 e. The van der Waals surface area contributed by atoms with E-state index in [2.05, 4.69) is 15.3 Å². The fourth-order valence-electron chi connectivity index (χ4n) is 3.46. The van der Waals surface area contributed by atoms with Crippen LogP contribution in [-0.4, -0.2) is 40.9 Å². The zero-order valence-corrected chi connectivity index (χ0v) is 18.0. The summed E-state index contributed by atoms with van der Waals surface area (Å²) in [5.41, 5.74) is 2.36. The minimum absolute atomic E-state index is 0.0774. The first-order chi connectivity index (χ1) is 14.6. The Balaban J connectivity index is 1.41. The van der Waals surface area contributed by atoms with Crippen molar-refractivity contribution in [1.82, 2.24) is 14.3 Å². The number of rotatable bonds is 5. The van der Waals surface area contributed by atoms with Crippen LogP contribution in [0.3, 0.4) is 0 Å². The molecule has 6 nitrogen and oxygen atoms in total. The van der Waals surface area contributed by atoms with Crippen molar-refractivity contribution in [3.63, 3.8) is 0 Å². The van der Waals surface area contributed by atoms with Crippen LogP contribution < -0.4 is 0 Å². The lowest BCUT2D eigenvalue weighted by Crippen LogP contribution is -2.32. The van der Waals surface area contributed by atoms with E-state index < -0.39 is 15.9 Å². The number of thioether (sulfide) groups is 1. The van der Waals surface area contributed by atoms with Crippen LogP contribution in [0.15, 0.2) is 76.2 Å². The molecule has 0 aliphatic carbocycles. The molecule has 150 valence electrons. The highest BCUT2D eigenvalue weighted by Crippen LogP contribution is 2.38. The van der Waals surface area contributed by atoms with E-state index in [0.717, 1.165) is 30.7 Å². The zero-order chi connectivity index (χ0) is 20.7. The number of amides is 1. The molecule has 0 N–H and O–H groups in total. The van der Waals surface area contributed by atoms with Crippen molar-refractivity contribution in [3.8, 4) is 11.1 Å². The standard InChI is InChI=1S/C21H15N3O3S3/c25-21-15-8-4-5-9-17(15)30(26,27)24(21)10-11-28-19-18-16(14-6-2-1-3-7-14)12-29-20(18)23-13-22-19/h1-9,12-13H,10-11H2. The van der Waals surface area contributed by atoms with Crippen molar-refractivity contribution in [3.05, 3.63) is 71.9 Å². The van der Waals surface area contributed by atoms with Gasteiger partial charge in [-0.2, -0.15) is 0 Å². The predicted octanol–water partition coefficient (Wildman–Crippen LogP) is 4.30. The molecule has 0 bridgehead atoms. The van der Waals surface area contributed by atoms with E-state index >= 15 is 0 Å². The van der Waals surface area contributed by atoms with Crippen molar-refractivity contribution in [2.24, 2.45) is 0 Å². The van der Waals surface area contributed by atoms with E-state index in [1.807, 2.05) is 30.3 Å². The Morgan fingerprint density at radius 2 is 1.73 bits per heavy atom. The van der Waals surface area contributed by atoms with Crippen molar-refractivity contribution < 1.29 is 13.2 Å². The maximum Gasteiger partial charge on any atom is 0.269 e. The summed E-state index contributed by atoms with van der Waals surface area (Å²) in [4.78, 5) is 22.3. The first-order valence-electron chi connectivity index (χ1n) is 9.14. The average Bonchev–Trinajstić information content (AvgIpc) is 3.29. The first kappa shape index (κ1) is 19.2. The molecular weight excluding hydrogens is 438 g/mol. The van der Waals surface area contributed by atoms with Gasteiger partial charge in [-0.3, -0.25) is 4.79 Å². The molecule has 1 aliphatic rings. The lowest BCUT2D eigenvalue weighted by Gasteiger charge is -2.14. The summed E-state index contributed by atoms with van der Waals surface area (Å²) in [5.74, 6) is -0.0747. The van der Waals surface area contributed by atoms with Crippen LogP contribution >= 0.6 is 23.1 Å². The number of nitrogens with zero attached hydrogens (tertiary/aromatic N) is 3. The van der Waals surface area contributed by atoms with Crippen LogP contribution in [0.5, 0.6) is 0 Å². The van der Waals surface area contributed by atoms with Crippen LogP contribution in [0.4, 0.5) is 0 Å². The topological polar surface area (TPSA) is 80.2 Å². The van der Waals surface area contributed by atoms with Crippen molar-refractivity contribution in [2.75, 3.05) is 12.3 Å². The molecule has 9 heteroatoms. The van der Waals surface area contributed by atoms with E-state index in [4.69, 9.17) is 0 Å². The molecule has 0 spiro atoms. The maximum atomic E-state index is 12.7. The highest BCUT2D eigenvalue weighted by atomic mass is 32.2. The van der Waals surface area contributed by atoms with Crippen molar-refractivity contribution in [1.29, 1.82) is 0 Å². The van der Waals surface area contributed by atoms with E-state index in [-0.39, 0.29) is 17.0 Å². The number of thiophene rings is 1. The highest BCUT2D eigenvalue weighted by molar-refractivity contribution is 7.99. The molecule has 0 radical (unpaired) electrons. The Labute approximate surface area is 181 Å². The van der Waals surface area contributed by atoms with Gasteiger partial charge in [0, 0.05) is 23.2 Å². The Bertz CT molecular complexity index is 1370. The number of aromatic nitrogens is 2. The van der Waals surface area contributed by atoms with Gasteiger partial charge in [-0.15, -0.1) is 23.1 Å². The zero-order valence-electron chi connectivity index (χ0n) is 15.6. The molecule has 30 heavy (non-hydrogen) atoms. The van der Waals surface area contributed by atoms with Crippen LogP contribution in [0.2, 0.25) is 0 Å². The Morgan fingerprint density at radius 1 is 0.967 bits per heavy atom. The van der Waals surface area contributed by atoms with Gasteiger partial charge in [-0.25, -0.2) is 22.7 Å². The second-order valence-electron chi connectivity index (χ2n) is 6.60. The highest BCUT2D eigenvalue weighted by Gasteiger charge is 2.40. The first-order valence-corrected chi connectivity index (χ1v) is 12.4. The SMILES string of the molecule is O=C1c2ccccc2S(=O)(=O)N1CCSc1ncnc2scc(-c3ccccc3)c12. The van der Waals surface area contributed by atoms with Crippen molar-refractivity contribution in [2.45, 2.75) is 9.92 Å². The molecule has 0 unspecified atom stereocenters. The van der Waals surface area contributed by atoms with Crippen LogP contribution in [-0.2, 0) is 10.0 Å². The molecule has 0 saturated heterocycles. The summed E-state index contributed by atoms with van der Waals surface area (Å²) in [5, 5.41) is 3.79. The lowest BCUT2D eigenvalue weighted by atomic mass is 10.1. The maximum absolute atomic E-state index is 12.7. The summed E-state index contributed by atoms with van der Waals surface area (Å²) in [7, 11) is -3.79. The van der Waals surface area contributed by atoms with Gasteiger partial charge in [0.2, 0.25) is 0 Å². The number of carbonyl (C=O) groups is 1. The number of hydrogen-bond donors (Lipinski definition) is 0. The van der Waals surface area contributed by atoms with Gasteiger partial charge >= 0.3 is 0 Å². The summed E-state index contributed by atoms with van der Waals surface area (Å²) < 4.78 is 26.4. The molecule has 5 rings (SSSR count). The minimum atomic E-state index is -3.79. The number of sulfonamides is 1. The monoisotopic (exact) mass is 453 g/mol. The van der Waals surface area contributed by atoms with E-state index in [0.29, 0.717) is 5.75 Å². The largest absolute Gasteiger partial charge is 0.269 e. The number of carbonyl (C=O) groups excluding carboxylic acids is 1. The van der Waals surface area contributed by atoms with Gasteiger partial charge in [0.15, 0.2) is 0 Å². The molecule has 0 fully saturated rings. The van der Waals surface area contributed by atoms with E-state index in [9.17, 15) is 13.2 Å². The third kappa shape index (κ3) is 3.10. The minimum Gasteiger partial charge on any atom is -0.268 e. The molecular formula is C21H15N3O3S3. The normalized spacial score (nSPS) is 14.9. The number of fused-ring (bicyclic) bond motifs is 2. The molecule has 2 aromatic carbocycles. The fraction of sp³-hybridized carbons (Fsp3) is 0.0952. The molecule has 0 atom stereocenters. The third-order valence-corrected chi connectivity index (χ3v) is 8.56. The molecule has 0 saturated carbocycles. The van der Waals surface area contributed by atoms with Crippen LogP contribution in [0.1, 0.15) is 10.4 Å². The van der Waals surface area contributed by atoms with Gasteiger partial charge in [-0.1, -0.05) is 42.5 Å². The lowest BCUT2D eigenvalue weighted by molar-refractivity contribution is 0.0876. The summed E-state index contributed by atoms with van der Waals surface area (Å²) in [6, 6.07) is 16.3. The second-order valence-corrected chi connectivity index (χ2v) is 10.4. The molecule has 3 heterocycles. The molecule has 1 aliphatic heterocycles. The van der Waals surface area contributed by atoms with Crippen LogP contribution in [0, 0.1) is 0 Å². The van der Waals surface area contributed by atoms with Crippen LogP contribution in [0.25, 0.3) is 21.3 Å². The van der Waals surface area contributed by atoms with Gasteiger partial charge < -0.3 is 0 Å². The summed E-state index contributed by atoms with van der Waals surface area (Å²) >= 11 is 2.98. The average molecular weight is 454 g/mol. The van der Waals surface area contributed by atoms with Crippen molar-refractivity contribution >= 4 is 49.2 Å². The quantitative estimate of drug-likeness (QED) is 0.331. The Kier molecular flexibility index (Phi) is 4.80. The van der Waals surface area contributed by atoms with E-state index in [1.165, 1.54) is 24.2 Å². The molecule has 1 amide bonds. The number of benzene rings is 2. The predicted molar refractivity (Wildman–Crippen MR) is 118 cm³/mol. The molecule has 4 aromatic rings. The Morgan fingerprint density at radius 3 is 2.53 bits per heavy atom. The van der Waals surface area contributed by atoms with Gasteiger partial charge in [0.25, 0.3) is 15.9 Å². The summed E-state index contributed by atoms with van der Waals surface area (Å²) in [6.07, 6.45) is 1.52. The Hall–Kier alpha value is -2.75. The molecule has 2 aromatic heterocycles. The fourth-order valence-corrected chi connectivity index (χ4v) is 7.07.